The van der Waals surface area contributed by atoms with Crippen LogP contribution >= 0.6 is 11.6 Å². The van der Waals surface area contributed by atoms with Gasteiger partial charge in [-0.05, 0) is 24.3 Å². The van der Waals surface area contributed by atoms with E-state index in [0.29, 0.717) is 0 Å². The van der Waals surface area contributed by atoms with Crippen molar-refractivity contribution in [2.45, 2.75) is 16.7 Å². The Morgan fingerprint density at radius 3 is 2.78 bits per heavy atom. The average Bonchev–Trinajstić information content (AvgIpc) is 3.09. The van der Waals surface area contributed by atoms with E-state index in [4.69, 9.17) is 32.1 Å². The van der Waals surface area contributed by atoms with E-state index >= 15 is 0 Å². The van der Waals surface area contributed by atoms with Gasteiger partial charge in [-0.15, -0.1) is 0 Å². The smallest absolute Gasteiger partial charge is 0.319 e. The second kappa shape index (κ2) is 9.35. The lowest BCUT2D eigenvalue weighted by Gasteiger charge is -2.28. The number of nitrogens with two attached hydrogens (primary N) is 1. The summed E-state index contributed by atoms with van der Waals surface area (Å²) in [5, 5.41) is 19.9. The quantitative estimate of drug-likeness (QED) is 0.532. The highest BCUT2D eigenvalue weighted by Gasteiger charge is 2.52. The predicted molar refractivity (Wildman–Crippen MR) is 109 cm³/mol. The fraction of sp³-hybridized carbons (Fsp3) is 0.316. The molecule has 2 atom stereocenters. The number of carbonyl (C=O) groups excluding carboxylic acids is 1. The Hall–Kier alpha value is -2.82. The third-order valence-corrected chi connectivity index (χ3v) is 6.66. The summed E-state index contributed by atoms with van der Waals surface area (Å²) < 4.78 is 51.4. The molecule has 0 radical (unpaired) electrons. The largest absolute Gasteiger partial charge is 0.486 e. The van der Waals surface area contributed by atoms with Crippen molar-refractivity contribution >= 4 is 27.6 Å². The van der Waals surface area contributed by atoms with Crippen LogP contribution in [0, 0.1) is 17.1 Å². The first-order chi connectivity index (χ1) is 15.1. The number of halogens is 2. The molecular formula is C19H18ClFN4O6S. The number of benzene rings is 1. The Morgan fingerprint density at radius 1 is 1.44 bits per heavy atom. The van der Waals surface area contributed by atoms with Crippen molar-refractivity contribution in [3.8, 4) is 11.8 Å². The van der Waals surface area contributed by atoms with Crippen LogP contribution in [-0.2, 0) is 19.6 Å². The molecule has 13 heteroatoms. The van der Waals surface area contributed by atoms with Crippen LogP contribution < -0.4 is 10.5 Å². The number of carbonyl (C=O) groups is 1. The lowest BCUT2D eigenvalue weighted by Crippen LogP contribution is -2.49. The molecule has 170 valence electrons. The molecule has 0 spiro atoms. The van der Waals surface area contributed by atoms with Gasteiger partial charge in [0.1, 0.15) is 30.3 Å². The summed E-state index contributed by atoms with van der Waals surface area (Å²) in [7, 11) is -4.17. The lowest BCUT2D eigenvalue weighted by molar-refractivity contribution is -0.153. The number of hydrogen-bond donors (Lipinski definition) is 2. The van der Waals surface area contributed by atoms with E-state index < -0.39 is 53.2 Å². The standard InChI is InChI=1S/C19H18ClFN4O6S/c20-13-2-4-17(24-8-13)32(28,29)25-9-16(19(27,10-25)11-30-18(26)7-23)31-14-3-1-12(6-22)15(21)5-14/h1-5,8,16,27H,7,9-11,23H2/t16-,19+/m0/s1. The number of nitrogens with zero attached hydrogens (tertiary/aromatic N) is 3. The molecule has 1 aliphatic heterocycles. The third-order valence-electron chi connectivity index (χ3n) is 4.71. The van der Waals surface area contributed by atoms with E-state index in [1.54, 1.807) is 6.07 Å². The van der Waals surface area contributed by atoms with Gasteiger partial charge in [0.15, 0.2) is 10.6 Å². The molecule has 0 saturated carbocycles. The molecule has 1 saturated heterocycles. The number of aromatic nitrogens is 1. The first-order valence-corrected chi connectivity index (χ1v) is 11.0. The first-order valence-electron chi connectivity index (χ1n) is 9.15. The van der Waals surface area contributed by atoms with Crippen molar-refractivity contribution < 1.29 is 32.2 Å². The Labute approximate surface area is 188 Å². The lowest BCUT2D eigenvalue weighted by atomic mass is 10.0. The molecule has 1 aromatic heterocycles. The van der Waals surface area contributed by atoms with Gasteiger partial charge in [0.25, 0.3) is 10.0 Å². The van der Waals surface area contributed by atoms with Gasteiger partial charge in [-0.25, -0.2) is 17.8 Å². The van der Waals surface area contributed by atoms with Gasteiger partial charge >= 0.3 is 5.97 Å². The van der Waals surface area contributed by atoms with E-state index in [1.807, 2.05) is 0 Å². The SMILES string of the molecule is N#Cc1ccc(O[C@H]2CN(S(=O)(=O)c3ccc(Cl)cn3)C[C@@]2(O)COC(=O)CN)cc1F. The third kappa shape index (κ3) is 4.98. The Bertz CT molecular complexity index is 1160. The molecule has 0 aliphatic carbocycles. The number of sulfonamides is 1. The predicted octanol–water partition coefficient (Wildman–Crippen LogP) is 0.431. The Morgan fingerprint density at radius 2 is 2.19 bits per heavy atom. The summed E-state index contributed by atoms with van der Waals surface area (Å²) in [6.45, 7) is -1.92. The van der Waals surface area contributed by atoms with Gasteiger partial charge in [0.05, 0.1) is 30.2 Å². The highest BCUT2D eigenvalue weighted by molar-refractivity contribution is 7.89. The summed E-state index contributed by atoms with van der Waals surface area (Å²) >= 11 is 5.76. The topological polar surface area (TPSA) is 156 Å². The van der Waals surface area contributed by atoms with Crippen molar-refractivity contribution in [3.05, 3.63) is 52.9 Å². The van der Waals surface area contributed by atoms with Gasteiger partial charge in [-0.3, -0.25) is 4.79 Å². The summed E-state index contributed by atoms with van der Waals surface area (Å²) in [5.41, 5.74) is 3.01. The number of ether oxygens (including phenoxy) is 2. The number of pyridine rings is 1. The molecule has 3 rings (SSSR count). The number of nitriles is 1. The van der Waals surface area contributed by atoms with E-state index in [-0.39, 0.29) is 27.9 Å². The number of β-amino-alcohol motifs (C(OH)–C–C–N with tert-alkyl or cyclic N) is 1. The number of aliphatic hydroxyl groups is 1. The van der Waals surface area contributed by atoms with E-state index in [9.17, 15) is 22.7 Å². The van der Waals surface area contributed by atoms with E-state index in [1.165, 1.54) is 24.3 Å². The number of rotatable bonds is 7. The monoisotopic (exact) mass is 484 g/mol. The van der Waals surface area contributed by atoms with Gasteiger partial charge in [0, 0.05) is 12.3 Å². The molecule has 3 N–H and O–H groups in total. The van der Waals surface area contributed by atoms with Crippen molar-refractivity contribution in [2.75, 3.05) is 26.2 Å². The zero-order chi connectivity index (χ0) is 23.5. The molecule has 0 bridgehead atoms. The van der Waals surface area contributed by atoms with E-state index in [2.05, 4.69) is 4.98 Å². The highest BCUT2D eigenvalue weighted by Crippen LogP contribution is 2.31. The molecule has 1 fully saturated rings. The molecule has 1 aromatic carbocycles. The Kier molecular flexibility index (Phi) is 6.97. The summed E-state index contributed by atoms with van der Waals surface area (Å²) in [6.07, 6.45) is -0.0877. The molecule has 0 amide bonds. The maximum absolute atomic E-state index is 14.0. The van der Waals surface area contributed by atoms with Crippen LogP contribution in [0.3, 0.4) is 0 Å². The van der Waals surface area contributed by atoms with Crippen molar-refractivity contribution in [3.63, 3.8) is 0 Å². The molecule has 32 heavy (non-hydrogen) atoms. The van der Waals surface area contributed by atoms with Crippen LogP contribution in [-0.4, -0.2) is 66.7 Å². The summed E-state index contributed by atoms with van der Waals surface area (Å²) in [5.74, 6) is -1.72. The normalized spacial score (nSPS) is 21.2. The van der Waals surface area contributed by atoms with Crippen molar-refractivity contribution in [1.29, 1.82) is 5.26 Å². The van der Waals surface area contributed by atoms with Gasteiger partial charge in [-0.1, -0.05) is 11.6 Å². The minimum atomic E-state index is -4.17. The van der Waals surface area contributed by atoms with Crippen LogP contribution in [0.15, 0.2) is 41.6 Å². The minimum Gasteiger partial charge on any atom is -0.486 e. The fourth-order valence-corrected chi connectivity index (χ4v) is 4.56. The maximum atomic E-state index is 14.0. The van der Waals surface area contributed by atoms with Crippen LogP contribution in [0.2, 0.25) is 5.02 Å². The number of hydrogen-bond acceptors (Lipinski definition) is 9. The zero-order valence-corrected chi connectivity index (χ0v) is 18.0. The van der Waals surface area contributed by atoms with Gasteiger partial charge in [-0.2, -0.15) is 9.57 Å². The Balaban J connectivity index is 1.90. The fourth-order valence-electron chi connectivity index (χ4n) is 3.03. The highest BCUT2D eigenvalue weighted by atomic mass is 35.5. The zero-order valence-electron chi connectivity index (χ0n) is 16.4. The molecule has 10 nitrogen and oxygen atoms in total. The second-order valence-corrected chi connectivity index (χ2v) is 9.26. The number of esters is 1. The van der Waals surface area contributed by atoms with Gasteiger partial charge in [0.2, 0.25) is 0 Å². The molecule has 2 heterocycles. The minimum absolute atomic E-state index is 0.0565. The van der Waals surface area contributed by atoms with Crippen LogP contribution in [0.5, 0.6) is 5.75 Å². The first kappa shape index (κ1) is 23.8. The summed E-state index contributed by atoms with van der Waals surface area (Å²) in [6, 6.07) is 7.63. The van der Waals surface area contributed by atoms with E-state index in [0.717, 1.165) is 16.6 Å². The molecular weight excluding hydrogens is 467 g/mol. The van der Waals surface area contributed by atoms with Crippen LogP contribution in [0.4, 0.5) is 4.39 Å². The second-order valence-electron chi connectivity index (χ2n) is 6.94. The molecule has 1 aliphatic rings. The maximum Gasteiger partial charge on any atom is 0.319 e. The van der Waals surface area contributed by atoms with Crippen molar-refractivity contribution in [1.82, 2.24) is 9.29 Å². The molecule has 2 aromatic rings. The van der Waals surface area contributed by atoms with Crippen LogP contribution in [0.1, 0.15) is 5.56 Å². The van der Waals surface area contributed by atoms with Crippen molar-refractivity contribution in [2.24, 2.45) is 5.73 Å². The van der Waals surface area contributed by atoms with Crippen LogP contribution in [0.25, 0.3) is 0 Å². The van der Waals surface area contributed by atoms with Gasteiger partial charge < -0.3 is 20.3 Å². The molecule has 0 unspecified atom stereocenters. The summed E-state index contributed by atoms with van der Waals surface area (Å²) in [4.78, 5) is 15.3. The average molecular weight is 485 g/mol.